The van der Waals surface area contributed by atoms with Crippen molar-refractivity contribution in [2.75, 3.05) is 13.2 Å². The number of nitrogens with zero attached hydrogens (tertiary/aromatic N) is 1. The van der Waals surface area contributed by atoms with E-state index in [2.05, 4.69) is 5.32 Å². The molecule has 0 radical (unpaired) electrons. The van der Waals surface area contributed by atoms with Crippen LogP contribution in [0.1, 0.15) is 30.0 Å². The fourth-order valence-corrected chi connectivity index (χ4v) is 4.16. The van der Waals surface area contributed by atoms with Crippen LogP contribution in [0.4, 0.5) is 0 Å². The van der Waals surface area contributed by atoms with E-state index in [1.165, 1.54) is 0 Å². The molecule has 3 aromatic rings. The quantitative estimate of drug-likeness (QED) is 0.350. The number of aryl methyl sites for hydroxylation is 1. The lowest BCUT2D eigenvalue weighted by molar-refractivity contribution is -0.142. The van der Waals surface area contributed by atoms with Gasteiger partial charge >= 0.3 is 0 Å². The van der Waals surface area contributed by atoms with Crippen molar-refractivity contribution in [2.45, 2.75) is 39.3 Å². The van der Waals surface area contributed by atoms with Crippen molar-refractivity contribution in [2.24, 2.45) is 0 Å². The molecule has 5 nitrogen and oxygen atoms in total. The first-order chi connectivity index (χ1) is 16.9. The third kappa shape index (κ3) is 7.74. The number of rotatable bonds is 11. The number of hydrogen-bond donors (Lipinski definition) is 1. The van der Waals surface area contributed by atoms with Gasteiger partial charge < -0.3 is 15.0 Å². The first-order valence-corrected chi connectivity index (χ1v) is 12.4. The summed E-state index contributed by atoms with van der Waals surface area (Å²) in [5.41, 5.74) is 2.57. The van der Waals surface area contributed by atoms with E-state index in [4.69, 9.17) is 27.9 Å². The Hall–Kier alpha value is -3.02. The van der Waals surface area contributed by atoms with Crippen LogP contribution in [0.3, 0.4) is 0 Å². The second kappa shape index (κ2) is 13.2. The summed E-state index contributed by atoms with van der Waals surface area (Å²) >= 11 is 12.5. The number of halogens is 2. The second-order valence-corrected chi connectivity index (χ2v) is 9.15. The van der Waals surface area contributed by atoms with E-state index in [-0.39, 0.29) is 25.0 Å². The average molecular weight is 513 g/mol. The maximum Gasteiger partial charge on any atom is 0.261 e. The van der Waals surface area contributed by atoms with E-state index in [9.17, 15) is 9.59 Å². The van der Waals surface area contributed by atoms with Gasteiger partial charge in [0.15, 0.2) is 6.61 Å². The highest BCUT2D eigenvalue weighted by Gasteiger charge is 2.31. The van der Waals surface area contributed by atoms with Crippen molar-refractivity contribution < 1.29 is 14.3 Å². The van der Waals surface area contributed by atoms with Crippen molar-refractivity contribution in [1.29, 1.82) is 0 Å². The molecule has 1 atom stereocenters. The number of carbonyl (C=O) groups is 2. The summed E-state index contributed by atoms with van der Waals surface area (Å²) in [4.78, 5) is 28.4. The molecule has 0 heterocycles. The van der Waals surface area contributed by atoms with Crippen LogP contribution in [0.5, 0.6) is 5.75 Å². The van der Waals surface area contributed by atoms with Crippen molar-refractivity contribution in [3.05, 3.63) is 99.5 Å². The lowest BCUT2D eigenvalue weighted by Crippen LogP contribution is -2.51. The van der Waals surface area contributed by atoms with Gasteiger partial charge in [0.25, 0.3) is 5.91 Å². The number of carbonyl (C=O) groups excluding carboxylic acids is 2. The van der Waals surface area contributed by atoms with Gasteiger partial charge in [-0.15, -0.1) is 0 Å². The van der Waals surface area contributed by atoms with Crippen molar-refractivity contribution in [1.82, 2.24) is 10.2 Å². The standard InChI is InChI=1S/C28H30Cl2N2O3/c1-3-15-31-28(34)25(16-21-10-5-4-6-11-21)32(18-22-13-14-23(29)17-24(22)30)27(33)19-35-26-12-8-7-9-20(26)2/h4-14,17,25H,3,15-16,18-19H2,1-2H3,(H,31,34)/t25-/m0/s1. The molecular formula is C28H30Cl2N2O3. The van der Waals surface area contributed by atoms with E-state index in [0.29, 0.717) is 34.3 Å². The van der Waals surface area contributed by atoms with Crippen molar-refractivity contribution >= 4 is 35.0 Å². The minimum absolute atomic E-state index is 0.142. The summed E-state index contributed by atoms with van der Waals surface area (Å²) in [6.45, 7) is 4.36. The topological polar surface area (TPSA) is 58.6 Å². The van der Waals surface area contributed by atoms with Crippen LogP contribution in [0, 0.1) is 6.92 Å². The second-order valence-electron chi connectivity index (χ2n) is 8.31. The Morgan fingerprint density at radius 2 is 1.71 bits per heavy atom. The summed E-state index contributed by atoms with van der Waals surface area (Å²) < 4.78 is 5.85. The maximum atomic E-state index is 13.6. The van der Waals surface area contributed by atoms with Crippen LogP contribution >= 0.6 is 23.2 Å². The highest BCUT2D eigenvalue weighted by atomic mass is 35.5. The minimum atomic E-state index is -0.747. The molecular weight excluding hydrogens is 483 g/mol. The van der Waals surface area contributed by atoms with Gasteiger partial charge in [-0.3, -0.25) is 9.59 Å². The Balaban J connectivity index is 1.93. The monoisotopic (exact) mass is 512 g/mol. The summed E-state index contributed by atoms with van der Waals surface area (Å²) in [7, 11) is 0. The van der Waals surface area contributed by atoms with Crippen LogP contribution in [0.25, 0.3) is 0 Å². The van der Waals surface area contributed by atoms with Crippen LogP contribution in [-0.4, -0.2) is 35.9 Å². The molecule has 0 aliphatic rings. The van der Waals surface area contributed by atoms with Gasteiger partial charge in [-0.25, -0.2) is 0 Å². The molecule has 0 saturated heterocycles. The molecule has 0 aliphatic carbocycles. The van der Waals surface area contributed by atoms with Gasteiger partial charge in [0.05, 0.1) is 0 Å². The third-order valence-electron chi connectivity index (χ3n) is 5.62. The van der Waals surface area contributed by atoms with Crippen molar-refractivity contribution in [3.63, 3.8) is 0 Å². The van der Waals surface area contributed by atoms with Crippen LogP contribution in [-0.2, 0) is 22.6 Å². The molecule has 1 N–H and O–H groups in total. The van der Waals surface area contributed by atoms with Gasteiger partial charge in [-0.05, 0) is 48.2 Å². The number of benzene rings is 3. The van der Waals surface area contributed by atoms with Gasteiger partial charge in [0.2, 0.25) is 5.91 Å². The maximum absolute atomic E-state index is 13.6. The van der Waals surface area contributed by atoms with Crippen LogP contribution in [0.2, 0.25) is 10.0 Å². The number of ether oxygens (including phenoxy) is 1. The smallest absolute Gasteiger partial charge is 0.261 e. The zero-order valence-corrected chi connectivity index (χ0v) is 21.5. The summed E-state index contributed by atoms with van der Waals surface area (Å²) in [6, 6.07) is 21.5. The number of nitrogens with one attached hydrogen (secondary N) is 1. The lowest BCUT2D eigenvalue weighted by Gasteiger charge is -2.31. The molecule has 0 bridgehead atoms. The summed E-state index contributed by atoms with van der Waals surface area (Å²) in [5, 5.41) is 3.89. The first kappa shape index (κ1) is 26.6. The van der Waals surface area contributed by atoms with Crippen LogP contribution < -0.4 is 10.1 Å². The molecule has 0 saturated carbocycles. The minimum Gasteiger partial charge on any atom is -0.484 e. The van der Waals surface area contributed by atoms with Gasteiger partial charge in [-0.1, -0.05) is 84.7 Å². The first-order valence-electron chi connectivity index (χ1n) is 11.6. The van der Waals surface area contributed by atoms with Crippen molar-refractivity contribution in [3.8, 4) is 5.75 Å². The normalized spacial score (nSPS) is 11.5. The van der Waals surface area contributed by atoms with E-state index in [1.54, 1.807) is 23.1 Å². The Morgan fingerprint density at radius 3 is 2.40 bits per heavy atom. The van der Waals surface area contributed by atoms with Crippen LogP contribution in [0.15, 0.2) is 72.8 Å². The highest BCUT2D eigenvalue weighted by Crippen LogP contribution is 2.24. The van der Waals surface area contributed by atoms with E-state index >= 15 is 0 Å². The predicted octanol–water partition coefficient (Wildman–Crippen LogP) is 5.85. The van der Waals surface area contributed by atoms with E-state index < -0.39 is 6.04 Å². The molecule has 3 rings (SSSR count). The zero-order valence-electron chi connectivity index (χ0n) is 20.0. The van der Waals surface area contributed by atoms with Gasteiger partial charge in [0.1, 0.15) is 11.8 Å². The zero-order chi connectivity index (χ0) is 25.2. The molecule has 7 heteroatoms. The number of para-hydroxylation sites is 1. The highest BCUT2D eigenvalue weighted by molar-refractivity contribution is 6.35. The predicted molar refractivity (Wildman–Crippen MR) is 141 cm³/mol. The Kier molecular flexibility index (Phi) is 10.0. The van der Waals surface area contributed by atoms with E-state index in [1.807, 2.05) is 68.4 Å². The summed E-state index contributed by atoms with van der Waals surface area (Å²) in [6.07, 6.45) is 1.15. The number of amides is 2. The fraction of sp³-hybridized carbons (Fsp3) is 0.286. The Labute approximate surface area is 217 Å². The average Bonchev–Trinajstić information content (AvgIpc) is 2.85. The molecule has 0 fully saturated rings. The van der Waals surface area contributed by atoms with E-state index in [0.717, 1.165) is 17.5 Å². The molecule has 2 amide bonds. The molecule has 0 spiro atoms. The molecule has 0 aromatic heterocycles. The largest absolute Gasteiger partial charge is 0.484 e. The molecule has 35 heavy (non-hydrogen) atoms. The lowest BCUT2D eigenvalue weighted by atomic mass is 10.0. The summed E-state index contributed by atoms with van der Waals surface area (Å²) in [5.74, 6) is 0.0947. The molecule has 0 unspecified atom stereocenters. The number of hydrogen-bond acceptors (Lipinski definition) is 3. The molecule has 184 valence electrons. The molecule has 0 aliphatic heterocycles. The Bertz CT molecular complexity index is 1140. The fourth-order valence-electron chi connectivity index (χ4n) is 3.69. The third-order valence-corrected chi connectivity index (χ3v) is 6.21. The Morgan fingerprint density at radius 1 is 1.00 bits per heavy atom. The molecule has 3 aromatic carbocycles. The SMILES string of the molecule is CCCNC(=O)[C@H](Cc1ccccc1)N(Cc1ccc(Cl)cc1Cl)C(=O)COc1ccccc1C. The van der Waals surface area contributed by atoms with Gasteiger partial charge in [-0.2, -0.15) is 0 Å². The van der Waals surface area contributed by atoms with Gasteiger partial charge in [0, 0.05) is 29.6 Å².